The van der Waals surface area contributed by atoms with Crippen molar-refractivity contribution < 1.29 is 14.2 Å². The van der Waals surface area contributed by atoms with Gasteiger partial charge in [0.2, 0.25) is 0 Å². The third-order valence-electron chi connectivity index (χ3n) is 3.75. The molecule has 0 saturated heterocycles. The van der Waals surface area contributed by atoms with Gasteiger partial charge in [0.25, 0.3) is 0 Å². The minimum Gasteiger partial charge on any atom is -0.489 e. The molecular weight excluding hydrogens is 255 g/mol. The van der Waals surface area contributed by atoms with Crippen LogP contribution in [0.1, 0.15) is 28.7 Å². The Balaban J connectivity index is 1.73. The summed E-state index contributed by atoms with van der Waals surface area (Å²) in [5, 5.41) is 9.22. The van der Waals surface area contributed by atoms with Crippen molar-refractivity contribution in [2.24, 2.45) is 0 Å². The van der Waals surface area contributed by atoms with Gasteiger partial charge in [-0.3, -0.25) is 0 Å². The van der Waals surface area contributed by atoms with E-state index in [1.807, 2.05) is 0 Å². The fourth-order valence-corrected chi connectivity index (χ4v) is 2.69. The first-order valence-electron chi connectivity index (χ1n) is 6.89. The van der Waals surface area contributed by atoms with Crippen molar-refractivity contribution in [2.45, 2.75) is 32.5 Å². The van der Waals surface area contributed by atoms with Gasteiger partial charge in [0.1, 0.15) is 18.2 Å². The molecule has 3 heteroatoms. The fraction of sp³-hybridized carbons (Fsp3) is 0.294. The Hall–Kier alpha value is -1.87. The smallest absolute Gasteiger partial charge is 0.125 e. The highest BCUT2D eigenvalue weighted by atomic mass is 19.1. The van der Waals surface area contributed by atoms with Crippen molar-refractivity contribution in [1.29, 1.82) is 0 Å². The number of benzene rings is 2. The first kappa shape index (κ1) is 13.1. The molecule has 1 N–H and O–H groups in total. The molecule has 1 aliphatic rings. The Labute approximate surface area is 117 Å². The predicted molar refractivity (Wildman–Crippen MR) is 75.1 cm³/mol. The van der Waals surface area contributed by atoms with E-state index in [-0.39, 0.29) is 12.4 Å². The zero-order chi connectivity index (χ0) is 13.9. The first-order chi connectivity index (χ1) is 9.76. The highest BCUT2D eigenvalue weighted by molar-refractivity contribution is 5.36. The molecule has 0 spiro atoms. The summed E-state index contributed by atoms with van der Waals surface area (Å²) in [6.07, 6.45) is 3.54. The van der Waals surface area contributed by atoms with Gasteiger partial charge >= 0.3 is 0 Å². The summed E-state index contributed by atoms with van der Waals surface area (Å²) >= 11 is 0. The van der Waals surface area contributed by atoms with Gasteiger partial charge in [-0.25, -0.2) is 4.39 Å². The highest BCUT2D eigenvalue weighted by Gasteiger charge is 2.11. The maximum atomic E-state index is 13.1. The maximum absolute atomic E-state index is 13.1. The number of aliphatic hydroxyl groups excluding tert-OH is 1. The lowest BCUT2D eigenvalue weighted by atomic mass is 10.1. The first-order valence-corrected chi connectivity index (χ1v) is 6.89. The van der Waals surface area contributed by atoms with Crippen molar-refractivity contribution in [3.05, 3.63) is 64.5 Å². The largest absolute Gasteiger partial charge is 0.489 e. The van der Waals surface area contributed by atoms with E-state index in [0.29, 0.717) is 17.9 Å². The molecule has 0 unspecified atom stereocenters. The molecule has 0 atom stereocenters. The summed E-state index contributed by atoms with van der Waals surface area (Å²) < 4.78 is 18.8. The molecule has 3 rings (SSSR count). The van der Waals surface area contributed by atoms with Crippen LogP contribution in [-0.2, 0) is 26.1 Å². The minimum atomic E-state index is -0.362. The van der Waals surface area contributed by atoms with E-state index in [4.69, 9.17) is 4.74 Å². The molecular formula is C17H17FO2. The molecule has 2 aromatic carbocycles. The maximum Gasteiger partial charge on any atom is 0.125 e. The summed E-state index contributed by atoms with van der Waals surface area (Å²) in [5.41, 5.74) is 4.43. The number of hydrogen-bond donors (Lipinski definition) is 1. The van der Waals surface area contributed by atoms with Crippen LogP contribution < -0.4 is 4.74 Å². The molecule has 0 bridgehead atoms. The zero-order valence-electron chi connectivity index (χ0n) is 11.2. The number of hydrogen-bond acceptors (Lipinski definition) is 2. The third-order valence-corrected chi connectivity index (χ3v) is 3.75. The fourth-order valence-electron chi connectivity index (χ4n) is 2.69. The average Bonchev–Trinajstić information content (AvgIpc) is 2.93. The number of fused-ring (bicyclic) bond motifs is 1. The molecule has 20 heavy (non-hydrogen) atoms. The van der Waals surface area contributed by atoms with E-state index in [1.54, 1.807) is 6.07 Å². The van der Waals surface area contributed by atoms with Gasteiger partial charge in [-0.15, -0.1) is 0 Å². The Morgan fingerprint density at radius 2 is 1.90 bits per heavy atom. The van der Waals surface area contributed by atoms with Gasteiger partial charge in [0, 0.05) is 5.56 Å². The van der Waals surface area contributed by atoms with Gasteiger partial charge in [-0.05, 0) is 54.2 Å². The normalized spacial score (nSPS) is 13.3. The van der Waals surface area contributed by atoms with Crippen LogP contribution in [0.3, 0.4) is 0 Å². The summed E-state index contributed by atoms with van der Waals surface area (Å²) in [7, 11) is 0. The molecule has 2 aromatic rings. The second-order valence-corrected chi connectivity index (χ2v) is 5.16. The third kappa shape index (κ3) is 2.68. The van der Waals surface area contributed by atoms with Crippen LogP contribution in [0.25, 0.3) is 0 Å². The van der Waals surface area contributed by atoms with Crippen LogP contribution in [0.2, 0.25) is 0 Å². The minimum absolute atomic E-state index is 0.225. The monoisotopic (exact) mass is 272 g/mol. The second kappa shape index (κ2) is 5.63. The molecule has 104 valence electrons. The number of aliphatic hydroxyl groups is 1. The Bertz CT molecular complexity index is 622. The predicted octanol–water partition coefficient (Wildman–Crippen LogP) is 3.39. The van der Waals surface area contributed by atoms with Crippen LogP contribution in [0.5, 0.6) is 5.75 Å². The van der Waals surface area contributed by atoms with Crippen LogP contribution >= 0.6 is 0 Å². The van der Waals surface area contributed by atoms with Gasteiger partial charge < -0.3 is 9.84 Å². The molecule has 0 aliphatic heterocycles. The van der Waals surface area contributed by atoms with Crippen LogP contribution in [-0.4, -0.2) is 5.11 Å². The molecule has 0 saturated carbocycles. The van der Waals surface area contributed by atoms with E-state index in [9.17, 15) is 9.50 Å². The Kier molecular flexibility index (Phi) is 3.70. The van der Waals surface area contributed by atoms with Crippen LogP contribution in [0.4, 0.5) is 4.39 Å². The van der Waals surface area contributed by atoms with Crippen molar-refractivity contribution in [1.82, 2.24) is 0 Å². The molecule has 0 aromatic heterocycles. The molecule has 0 fully saturated rings. The van der Waals surface area contributed by atoms with Crippen molar-refractivity contribution in [3.8, 4) is 5.75 Å². The lowest BCUT2D eigenvalue weighted by Gasteiger charge is -2.11. The highest BCUT2D eigenvalue weighted by Crippen LogP contribution is 2.25. The molecule has 0 radical (unpaired) electrons. The molecule has 0 amide bonds. The SMILES string of the molecule is OCc1cc(F)ccc1OCc1ccc2c(c1)CCC2. The van der Waals surface area contributed by atoms with E-state index in [0.717, 1.165) is 12.0 Å². The Morgan fingerprint density at radius 3 is 2.75 bits per heavy atom. The van der Waals surface area contributed by atoms with Gasteiger partial charge in [0.15, 0.2) is 0 Å². The summed E-state index contributed by atoms with van der Waals surface area (Å²) in [5.74, 6) is 0.174. The van der Waals surface area contributed by atoms with Crippen LogP contribution in [0, 0.1) is 5.82 Å². The number of ether oxygens (including phenoxy) is 1. The summed E-state index contributed by atoms with van der Waals surface area (Å²) in [6.45, 7) is 0.212. The lowest BCUT2D eigenvalue weighted by Crippen LogP contribution is -2.00. The lowest BCUT2D eigenvalue weighted by molar-refractivity contribution is 0.258. The van der Waals surface area contributed by atoms with Gasteiger partial charge in [0.05, 0.1) is 6.61 Å². The van der Waals surface area contributed by atoms with E-state index < -0.39 is 0 Å². The molecule has 1 aliphatic carbocycles. The number of rotatable bonds is 4. The Morgan fingerprint density at radius 1 is 1.05 bits per heavy atom. The van der Waals surface area contributed by atoms with Crippen molar-refractivity contribution >= 4 is 0 Å². The second-order valence-electron chi connectivity index (χ2n) is 5.16. The quantitative estimate of drug-likeness (QED) is 0.924. The summed E-state index contributed by atoms with van der Waals surface area (Å²) in [4.78, 5) is 0. The van der Waals surface area contributed by atoms with E-state index in [1.165, 1.54) is 36.1 Å². The van der Waals surface area contributed by atoms with Crippen molar-refractivity contribution in [3.63, 3.8) is 0 Å². The van der Waals surface area contributed by atoms with Crippen LogP contribution in [0.15, 0.2) is 36.4 Å². The van der Waals surface area contributed by atoms with Gasteiger partial charge in [-0.2, -0.15) is 0 Å². The molecule has 0 heterocycles. The average molecular weight is 272 g/mol. The standard InChI is InChI=1S/C17H17FO2/c18-16-6-7-17(15(9-16)10-19)20-11-12-4-5-13-2-1-3-14(13)8-12/h4-9,19H,1-3,10-11H2. The number of aryl methyl sites for hydroxylation is 2. The van der Waals surface area contributed by atoms with Crippen molar-refractivity contribution in [2.75, 3.05) is 0 Å². The topological polar surface area (TPSA) is 29.5 Å². The van der Waals surface area contributed by atoms with E-state index in [2.05, 4.69) is 18.2 Å². The zero-order valence-corrected chi connectivity index (χ0v) is 11.2. The number of halogens is 1. The van der Waals surface area contributed by atoms with E-state index >= 15 is 0 Å². The van der Waals surface area contributed by atoms with Gasteiger partial charge in [-0.1, -0.05) is 18.2 Å². The molecule has 2 nitrogen and oxygen atoms in total. The summed E-state index contributed by atoms with van der Waals surface area (Å²) in [6, 6.07) is 10.6.